The Balaban J connectivity index is 1.81. The summed E-state index contributed by atoms with van der Waals surface area (Å²) >= 11 is 5.95. The van der Waals surface area contributed by atoms with Gasteiger partial charge >= 0.3 is 0 Å². The Morgan fingerprint density at radius 1 is 1.08 bits per heavy atom. The van der Waals surface area contributed by atoms with Crippen LogP contribution in [0.25, 0.3) is 0 Å². The second-order valence-electron chi connectivity index (χ2n) is 5.38. The van der Waals surface area contributed by atoms with E-state index < -0.39 is 0 Å². The summed E-state index contributed by atoms with van der Waals surface area (Å²) in [5, 5.41) is 3.64. The smallest absolute Gasteiger partial charge is 0.220 e. The molecule has 0 unspecified atom stereocenters. The van der Waals surface area contributed by atoms with Gasteiger partial charge in [0.25, 0.3) is 0 Å². The predicted octanol–water partition coefficient (Wildman–Crippen LogP) is 3.65. The van der Waals surface area contributed by atoms with Gasteiger partial charge in [-0.3, -0.25) is 4.79 Å². The van der Waals surface area contributed by atoms with Gasteiger partial charge in [0, 0.05) is 18.0 Å². The summed E-state index contributed by atoms with van der Waals surface area (Å²) in [6.45, 7) is 0.592. The number of carbonyl (C=O) groups is 1. The molecule has 128 valence electrons. The van der Waals surface area contributed by atoms with Gasteiger partial charge in [0.1, 0.15) is 0 Å². The number of ether oxygens (including phenoxy) is 2. The minimum absolute atomic E-state index is 0.0156. The highest BCUT2D eigenvalue weighted by atomic mass is 35.5. The van der Waals surface area contributed by atoms with Crippen LogP contribution in [0.2, 0.25) is 5.02 Å². The maximum Gasteiger partial charge on any atom is 0.220 e. The van der Waals surface area contributed by atoms with Gasteiger partial charge in [-0.25, -0.2) is 0 Å². The minimum Gasteiger partial charge on any atom is -0.493 e. The van der Waals surface area contributed by atoms with Crippen molar-refractivity contribution in [2.24, 2.45) is 0 Å². The Hall–Kier alpha value is -2.20. The lowest BCUT2D eigenvalue weighted by Gasteiger charge is -2.12. The second kappa shape index (κ2) is 9.18. The van der Waals surface area contributed by atoms with Crippen molar-refractivity contribution in [3.63, 3.8) is 0 Å². The number of aryl methyl sites for hydroxylation is 1. The molecular formula is C19H22ClNO3. The van der Waals surface area contributed by atoms with Crippen molar-refractivity contribution >= 4 is 17.5 Å². The van der Waals surface area contributed by atoms with E-state index in [0.717, 1.165) is 17.5 Å². The van der Waals surface area contributed by atoms with Gasteiger partial charge in [-0.1, -0.05) is 35.9 Å². The first-order chi connectivity index (χ1) is 11.6. The second-order valence-corrected chi connectivity index (χ2v) is 5.82. The molecule has 2 rings (SSSR count). The zero-order valence-electron chi connectivity index (χ0n) is 14.0. The molecule has 0 saturated heterocycles. The molecule has 0 aromatic heterocycles. The van der Waals surface area contributed by atoms with Gasteiger partial charge in [-0.2, -0.15) is 0 Å². The maximum atomic E-state index is 12.0. The van der Waals surface area contributed by atoms with E-state index in [-0.39, 0.29) is 5.91 Å². The molecule has 1 amide bonds. The standard InChI is InChI=1S/C19H22ClNO3/c1-23-17-8-4-6-15(19(17)24-2)9-10-18(22)21-12-11-14-5-3-7-16(20)13-14/h3-8,13H,9-12H2,1-2H3,(H,21,22). The number of benzene rings is 2. The Kier molecular flexibility index (Phi) is 6.94. The zero-order chi connectivity index (χ0) is 17.4. The van der Waals surface area contributed by atoms with Crippen LogP contribution in [0, 0.1) is 0 Å². The van der Waals surface area contributed by atoms with Crippen molar-refractivity contribution in [1.29, 1.82) is 0 Å². The van der Waals surface area contributed by atoms with Crippen LogP contribution >= 0.6 is 11.6 Å². The molecule has 5 heteroatoms. The van der Waals surface area contributed by atoms with Gasteiger partial charge in [-0.05, 0) is 42.2 Å². The molecule has 0 spiro atoms. The molecule has 4 nitrogen and oxygen atoms in total. The Bertz CT molecular complexity index is 688. The van der Waals surface area contributed by atoms with Gasteiger partial charge in [0.2, 0.25) is 5.91 Å². The molecule has 0 aliphatic carbocycles. The number of carbonyl (C=O) groups excluding carboxylic acids is 1. The molecule has 0 atom stereocenters. The number of amides is 1. The number of para-hydroxylation sites is 1. The highest BCUT2D eigenvalue weighted by Gasteiger charge is 2.11. The number of rotatable bonds is 8. The topological polar surface area (TPSA) is 47.6 Å². The lowest BCUT2D eigenvalue weighted by atomic mass is 10.1. The highest BCUT2D eigenvalue weighted by molar-refractivity contribution is 6.30. The van der Waals surface area contributed by atoms with Crippen LogP contribution in [-0.4, -0.2) is 26.7 Å². The molecule has 24 heavy (non-hydrogen) atoms. The van der Waals surface area contributed by atoms with E-state index in [2.05, 4.69) is 5.32 Å². The molecule has 2 aromatic rings. The molecular weight excluding hydrogens is 326 g/mol. The summed E-state index contributed by atoms with van der Waals surface area (Å²) in [4.78, 5) is 12.0. The van der Waals surface area contributed by atoms with E-state index in [1.807, 2.05) is 42.5 Å². The lowest BCUT2D eigenvalue weighted by Crippen LogP contribution is -2.25. The third kappa shape index (κ3) is 5.17. The largest absolute Gasteiger partial charge is 0.493 e. The van der Waals surface area contributed by atoms with Crippen LogP contribution in [0.1, 0.15) is 17.5 Å². The van der Waals surface area contributed by atoms with Crippen LogP contribution in [0.5, 0.6) is 11.5 Å². The van der Waals surface area contributed by atoms with Crippen LogP contribution < -0.4 is 14.8 Å². The van der Waals surface area contributed by atoms with Gasteiger partial charge in [-0.15, -0.1) is 0 Å². The van der Waals surface area contributed by atoms with E-state index in [0.29, 0.717) is 35.9 Å². The van der Waals surface area contributed by atoms with Crippen LogP contribution in [0.15, 0.2) is 42.5 Å². The quantitative estimate of drug-likeness (QED) is 0.793. The predicted molar refractivity (Wildman–Crippen MR) is 96.0 cm³/mol. The van der Waals surface area contributed by atoms with Crippen molar-refractivity contribution in [2.45, 2.75) is 19.3 Å². The summed E-state index contributed by atoms with van der Waals surface area (Å²) in [7, 11) is 3.20. The molecule has 0 aliphatic heterocycles. The number of methoxy groups -OCH3 is 2. The molecule has 0 aliphatic rings. The van der Waals surface area contributed by atoms with E-state index in [1.54, 1.807) is 14.2 Å². The Morgan fingerprint density at radius 3 is 2.58 bits per heavy atom. The monoisotopic (exact) mass is 347 g/mol. The summed E-state index contributed by atoms with van der Waals surface area (Å²) in [6.07, 6.45) is 1.76. The van der Waals surface area contributed by atoms with E-state index in [9.17, 15) is 4.79 Å². The first-order valence-electron chi connectivity index (χ1n) is 7.85. The third-order valence-corrected chi connectivity index (χ3v) is 3.97. The summed E-state index contributed by atoms with van der Waals surface area (Å²) in [6, 6.07) is 13.3. The fourth-order valence-electron chi connectivity index (χ4n) is 2.53. The van der Waals surface area contributed by atoms with Gasteiger partial charge in [0.15, 0.2) is 11.5 Å². The number of hydrogen-bond donors (Lipinski definition) is 1. The fourth-order valence-corrected chi connectivity index (χ4v) is 2.74. The van der Waals surface area contributed by atoms with Crippen LogP contribution in [0.3, 0.4) is 0 Å². The average molecular weight is 348 g/mol. The maximum absolute atomic E-state index is 12.0. The Labute approximate surface area is 147 Å². The molecule has 0 heterocycles. The highest BCUT2D eigenvalue weighted by Crippen LogP contribution is 2.31. The van der Waals surface area contributed by atoms with Crippen LogP contribution in [-0.2, 0) is 17.6 Å². The molecule has 0 fully saturated rings. The first-order valence-corrected chi connectivity index (χ1v) is 8.23. The molecule has 0 radical (unpaired) electrons. The summed E-state index contributed by atoms with van der Waals surface area (Å²) in [5.74, 6) is 1.38. The summed E-state index contributed by atoms with van der Waals surface area (Å²) in [5.41, 5.74) is 2.07. The fraction of sp³-hybridized carbons (Fsp3) is 0.316. The SMILES string of the molecule is COc1cccc(CCC(=O)NCCc2cccc(Cl)c2)c1OC. The van der Waals surface area contributed by atoms with E-state index >= 15 is 0 Å². The Morgan fingerprint density at radius 2 is 1.88 bits per heavy atom. The lowest BCUT2D eigenvalue weighted by molar-refractivity contribution is -0.121. The minimum atomic E-state index is 0.0156. The van der Waals surface area contributed by atoms with E-state index in [4.69, 9.17) is 21.1 Å². The first kappa shape index (κ1) is 18.1. The van der Waals surface area contributed by atoms with Gasteiger partial charge < -0.3 is 14.8 Å². The molecule has 0 saturated carbocycles. The summed E-state index contributed by atoms with van der Waals surface area (Å²) < 4.78 is 10.7. The van der Waals surface area contributed by atoms with E-state index in [1.165, 1.54) is 0 Å². The van der Waals surface area contributed by atoms with Crippen molar-refractivity contribution in [1.82, 2.24) is 5.32 Å². The van der Waals surface area contributed by atoms with Gasteiger partial charge in [0.05, 0.1) is 14.2 Å². The number of halogens is 1. The van der Waals surface area contributed by atoms with Crippen molar-refractivity contribution in [3.8, 4) is 11.5 Å². The zero-order valence-corrected chi connectivity index (χ0v) is 14.7. The molecule has 1 N–H and O–H groups in total. The number of nitrogens with one attached hydrogen (secondary N) is 1. The normalized spacial score (nSPS) is 10.3. The number of hydrogen-bond acceptors (Lipinski definition) is 3. The molecule has 0 bridgehead atoms. The van der Waals surface area contributed by atoms with Crippen LogP contribution in [0.4, 0.5) is 0 Å². The van der Waals surface area contributed by atoms with Crippen molar-refractivity contribution in [2.75, 3.05) is 20.8 Å². The average Bonchev–Trinajstić information content (AvgIpc) is 2.59. The third-order valence-electron chi connectivity index (χ3n) is 3.73. The van der Waals surface area contributed by atoms with Crippen molar-refractivity contribution in [3.05, 3.63) is 58.6 Å². The molecule has 2 aromatic carbocycles. The van der Waals surface area contributed by atoms with Crippen molar-refractivity contribution < 1.29 is 14.3 Å².